The smallest absolute Gasteiger partial charge is 0.337 e. The zero-order valence-electron chi connectivity index (χ0n) is 12.4. The molecule has 24 heavy (non-hydrogen) atoms. The number of rotatable bonds is 3. The van der Waals surface area contributed by atoms with Gasteiger partial charge in [0.1, 0.15) is 12.0 Å². The molecule has 0 fully saturated rings. The Labute approximate surface area is 135 Å². The van der Waals surface area contributed by atoms with Crippen molar-refractivity contribution in [1.29, 1.82) is 0 Å². The van der Waals surface area contributed by atoms with Crippen LogP contribution in [0.2, 0.25) is 0 Å². The molecule has 2 heterocycles. The van der Waals surface area contributed by atoms with Gasteiger partial charge in [-0.05, 0) is 24.1 Å². The third kappa shape index (κ3) is 3.37. The zero-order chi connectivity index (χ0) is 17.2. The summed E-state index contributed by atoms with van der Waals surface area (Å²) in [6.45, 7) is 0.399. The molecule has 0 aliphatic carbocycles. The number of hydrogen-bond acceptors (Lipinski definition) is 3. The van der Waals surface area contributed by atoms with Crippen molar-refractivity contribution in [1.82, 2.24) is 19.9 Å². The number of amides is 1. The van der Waals surface area contributed by atoms with Crippen LogP contribution in [0.4, 0.5) is 18.0 Å². The second kappa shape index (κ2) is 6.31. The van der Waals surface area contributed by atoms with Gasteiger partial charge in [0.25, 0.3) is 0 Å². The third-order valence-electron chi connectivity index (χ3n) is 3.45. The molecule has 1 N–H and O–H groups in total. The van der Waals surface area contributed by atoms with E-state index >= 15 is 0 Å². The summed E-state index contributed by atoms with van der Waals surface area (Å²) in [7, 11) is 0. The van der Waals surface area contributed by atoms with Crippen molar-refractivity contribution in [2.24, 2.45) is 0 Å². The van der Waals surface area contributed by atoms with Crippen LogP contribution in [0.15, 0.2) is 48.8 Å². The van der Waals surface area contributed by atoms with Gasteiger partial charge in [0, 0.05) is 6.54 Å². The lowest BCUT2D eigenvalue weighted by Crippen LogP contribution is -2.29. The van der Waals surface area contributed by atoms with Crippen LogP contribution >= 0.6 is 0 Å². The largest absolute Gasteiger partial charge is 0.433 e. The number of carbonyl (C=O) groups excluding carboxylic acids is 1. The van der Waals surface area contributed by atoms with Gasteiger partial charge in [-0.2, -0.15) is 13.2 Å². The first-order valence-corrected chi connectivity index (χ1v) is 7.18. The Bertz CT molecular complexity index is 859. The summed E-state index contributed by atoms with van der Waals surface area (Å²) < 4.78 is 39.0. The lowest BCUT2D eigenvalue weighted by Gasteiger charge is -2.07. The van der Waals surface area contributed by atoms with Crippen LogP contribution in [0, 0.1) is 0 Å². The SMILES string of the molecule is O=C(NCCc1ccccc1)n1cnc2nc(C(F)(F)F)ccc21. The summed E-state index contributed by atoms with van der Waals surface area (Å²) in [5.74, 6) is 0. The van der Waals surface area contributed by atoms with Crippen molar-refractivity contribution in [3.05, 3.63) is 60.0 Å². The van der Waals surface area contributed by atoms with E-state index < -0.39 is 17.9 Å². The van der Waals surface area contributed by atoms with E-state index in [9.17, 15) is 18.0 Å². The van der Waals surface area contributed by atoms with E-state index in [2.05, 4.69) is 15.3 Å². The van der Waals surface area contributed by atoms with Gasteiger partial charge >= 0.3 is 12.2 Å². The number of alkyl halides is 3. The minimum absolute atomic E-state index is 0.122. The van der Waals surface area contributed by atoms with Crippen LogP contribution in [-0.4, -0.2) is 27.1 Å². The molecule has 0 saturated carbocycles. The minimum atomic E-state index is -4.55. The zero-order valence-corrected chi connectivity index (χ0v) is 12.4. The van der Waals surface area contributed by atoms with Crippen molar-refractivity contribution in [2.75, 3.05) is 6.54 Å². The molecule has 0 spiro atoms. The summed E-state index contributed by atoms with van der Waals surface area (Å²) in [6, 6.07) is 11.2. The Morgan fingerprint density at radius 1 is 1.12 bits per heavy atom. The fourth-order valence-corrected chi connectivity index (χ4v) is 2.26. The Hall–Kier alpha value is -2.90. The number of halogens is 3. The number of nitrogens with one attached hydrogen (secondary N) is 1. The van der Waals surface area contributed by atoms with Crippen molar-refractivity contribution in [3.63, 3.8) is 0 Å². The topological polar surface area (TPSA) is 59.8 Å². The van der Waals surface area contributed by atoms with Crippen molar-refractivity contribution in [3.8, 4) is 0 Å². The van der Waals surface area contributed by atoms with Gasteiger partial charge in [-0.25, -0.2) is 19.3 Å². The van der Waals surface area contributed by atoms with Crippen molar-refractivity contribution < 1.29 is 18.0 Å². The number of benzene rings is 1. The number of carbonyl (C=O) groups is 1. The second-order valence-electron chi connectivity index (χ2n) is 5.12. The van der Waals surface area contributed by atoms with Gasteiger partial charge in [-0.3, -0.25) is 0 Å². The van der Waals surface area contributed by atoms with Gasteiger partial charge in [0.15, 0.2) is 5.65 Å². The first-order valence-electron chi connectivity index (χ1n) is 7.18. The highest BCUT2D eigenvalue weighted by molar-refractivity contribution is 5.87. The summed E-state index contributed by atoms with van der Waals surface area (Å²) in [5, 5.41) is 2.70. The molecular formula is C16H13F3N4O. The van der Waals surface area contributed by atoms with E-state index in [4.69, 9.17) is 0 Å². The Balaban J connectivity index is 1.71. The summed E-state index contributed by atoms with van der Waals surface area (Å²) in [4.78, 5) is 19.4. The molecule has 0 aliphatic rings. The molecule has 0 saturated heterocycles. The van der Waals surface area contributed by atoms with Gasteiger partial charge < -0.3 is 5.32 Å². The number of imidazole rings is 1. The summed E-state index contributed by atoms with van der Waals surface area (Å²) in [5.41, 5.74) is 0.137. The Morgan fingerprint density at radius 2 is 1.88 bits per heavy atom. The van der Waals surface area contributed by atoms with Crippen LogP contribution < -0.4 is 5.32 Å². The van der Waals surface area contributed by atoms with Crippen LogP contribution in [0.3, 0.4) is 0 Å². The maximum atomic E-state index is 12.6. The van der Waals surface area contributed by atoms with E-state index in [-0.39, 0.29) is 11.2 Å². The first kappa shape index (κ1) is 16.0. The van der Waals surface area contributed by atoms with E-state index in [1.807, 2.05) is 30.3 Å². The molecule has 0 unspecified atom stereocenters. The van der Waals surface area contributed by atoms with E-state index in [1.165, 1.54) is 6.07 Å². The predicted molar refractivity (Wildman–Crippen MR) is 81.5 cm³/mol. The molecular weight excluding hydrogens is 321 g/mol. The molecule has 2 aromatic heterocycles. The van der Waals surface area contributed by atoms with E-state index in [1.54, 1.807) is 0 Å². The maximum Gasteiger partial charge on any atom is 0.433 e. The fraction of sp³-hybridized carbons (Fsp3) is 0.188. The summed E-state index contributed by atoms with van der Waals surface area (Å²) in [6.07, 6.45) is -2.73. The number of aromatic nitrogens is 3. The van der Waals surface area contributed by atoms with E-state index in [0.717, 1.165) is 22.5 Å². The highest BCUT2D eigenvalue weighted by Crippen LogP contribution is 2.28. The van der Waals surface area contributed by atoms with E-state index in [0.29, 0.717) is 13.0 Å². The lowest BCUT2D eigenvalue weighted by molar-refractivity contribution is -0.141. The fourth-order valence-electron chi connectivity index (χ4n) is 2.26. The molecule has 0 aliphatic heterocycles. The normalized spacial score (nSPS) is 11.6. The lowest BCUT2D eigenvalue weighted by atomic mass is 10.1. The number of pyridine rings is 1. The molecule has 0 radical (unpaired) electrons. The highest BCUT2D eigenvalue weighted by Gasteiger charge is 2.33. The van der Waals surface area contributed by atoms with Gasteiger partial charge in [-0.1, -0.05) is 30.3 Å². The average molecular weight is 334 g/mol. The molecule has 5 nitrogen and oxygen atoms in total. The van der Waals surface area contributed by atoms with Crippen LogP contribution in [0.5, 0.6) is 0 Å². The number of nitrogens with zero attached hydrogens (tertiary/aromatic N) is 3. The molecule has 124 valence electrons. The van der Waals surface area contributed by atoms with Crippen molar-refractivity contribution in [2.45, 2.75) is 12.6 Å². The molecule has 1 aromatic carbocycles. The minimum Gasteiger partial charge on any atom is -0.337 e. The van der Waals surface area contributed by atoms with Crippen LogP contribution in [-0.2, 0) is 12.6 Å². The van der Waals surface area contributed by atoms with Gasteiger partial charge in [-0.15, -0.1) is 0 Å². The number of fused-ring (bicyclic) bond motifs is 1. The molecule has 8 heteroatoms. The quantitative estimate of drug-likeness (QED) is 0.800. The maximum absolute atomic E-state index is 12.6. The highest BCUT2D eigenvalue weighted by atomic mass is 19.4. The standard InChI is InChI=1S/C16H13F3N4O/c17-16(18,19)13-7-6-12-14(22-13)21-10-23(12)15(24)20-9-8-11-4-2-1-3-5-11/h1-7,10H,8-9H2,(H,20,24). The first-order chi connectivity index (χ1) is 11.4. The Kier molecular flexibility index (Phi) is 4.20. The predicted octanol–water partition coefficient (Wildman–Crippen LogP) is 3.25. The monoisotopic (exact) mass is 334 g/mol. The van der Waals surface area contributed by atoms with Gasteiger partial charge in [0.05, 0.1) is 5.52 Å². The molecule has 0 bridgehead atoms. The molecule has 3 aromatic rings. The third-order valence-corrected chi connectivity index (χ3v) is 3.45. The van der Waals surface area contributed by atoms with Crippen LogP contribution in [0.25, 0.3) is 11.2 Å². The summed E-state index contributed by atoms with van der Waals surface area (Å²) >= 11 is 0. The van der Waals surface area contributed by atoms with Crippen molar-refractivity contribution >= 4 is 17.2 Å². The number of hydrogen-bond donors (Lipinski definition) is 1. The molecule has 0 atom stereocenters. The molecule has 3 rings (SSSR count). The average Bonchev–Trinajstić information content (AvgIpc) is 2.98. The van der Waals surface area contributed by atoms with Crippen LogP contribution in [0.1, 0.15) is 11.3 Å². The Morgan fingerprint density at radius 3 is 2.58 bits per heavy atom. The second-order valence-corrected chi connectivity index (χ2v) is 5.12. The van der Waals surface area contributed by atoms with Gasteiger partial charge in [0.2, 0.25) is 0 Å². The molecule has 1 amide bonds.